The lowest BCUT2D eigenvalue weighted by Gasteiger charge is -2.24. The van der Waals surface area contributed by atoms with Crippen LogP contribution in [0.15, 0.2) is 42.5 Å². The maximum atomic E-state index is 12.2. The van der Waals surface area contributed by atoms with Crippen molar-refractivity contribution in [3.05, 3.63) is 53.6 Å². The summed E-state index contributed by atoms with van der Waals surface area (Å²) in [6.45, 7) is 0. The molecule has 0 bridgehead atoms. The normalized spacial score (nSPS) is 15.5. The number of hydrogen-bond acceptors (Lipinski definition) is 6. The van der Waals surface area contributed by atoms with Crippen LogP contribution in [0, 0.1) is 0 Å². The maximum absolute atomic E-state index is 12.2. The molecule has 7 heteroatoms. The highest BCUT2D eigenvalue weighted by Gasteiger charge is 2.35. The molecule has 144 valence electrons. The topological polar surface area (TPSA) is 82.7 Å². The second-order valence-electron chi connectivity index (χ2n) is 6.37. The van der Waals surface area contributed by atoms with Gasteiger partial charge in [0, 0.05) is 5.92 Å². The molecular weight excluding hydrogens is 360 g/mol. The molecule has 0 aliphatic carbocycles. The van der Waals surface area contributed by atoms with Crippen LogP contribution in [-0.4, -0.2) is 37.5 Å². The van der Waals surface area contributed by atoms with E-state index in [4.69, 9.17) is 18.9 Å². The minimum atomic E-state index is -0.336. The van der Waals surface area contributed by atoms with Crippen molar-refractivity contribution < 1.29 is 23.7 Å². The Morgan fingerprint density at radius 2 is 1.71 bits per heavy atom. The van der Waals surface area contributed by atoms with E-state index in [-0.39, 0.29) is 18.3 Å². The van der Waals surface area contributed by atoms with Gasteiger partial charge in [-0.15, -0.1) is 5.10 Å². The zero-order chi connectivity index (χ0) is 19.7. The Balaban J connectivity index is 1.89. The van der Waals surface area contributed by atoms with Gasteiger partial charge in [-0.2, -0.15) is 0 Å². The zero-order valence-corrected chi connectivity index (χ0v) is 15.8. The highest BCUT2D eigenvalue weighted by Crippen LogP contribution is 2.47. The van der Waals surface area contributed by atoms with Crippen molar-refractivity contribution in [3.8, 4) is 34.4 Å². The number of ether oxygens (including phenoxy) is 4. The van der Waals surface area contributed by atoms with E-state index in [1.807, 2.05) is 42.5 Å². The minimum absolute atomic E-state index is 0.186. The van der Waals surface area contributed by atoms with Crippen LogP contribution < -0.4 is 18.9 Å². The van der Waals surface area contributed by atoms with Gasteiger partial charge in [-0.3, -0.25) is 9.89 Å². The number of H-pyrrole nitrogens is 1. The number of hydrogen-bond donors (Lipinski definition) is 1. The minimum Gasteiger partial charge on any atom is -0.493 e. The highest BCUT2D eigenvalue weighted by atomic mass is 16.5. The van der Waals surface area contributed by atoms with Crippen LogP contribution in [0.1, 0.15) is 23.5 Å². The van der Waals surface area contributed by atoms with Gasteiger partial charge in [-0.05, 0) is 23.3 Å². The van der Waals surface area contributed by atoms with Crippen molar-refractivity contribution in [1.82, 2.24) is 10.2 Å². The molecule has 7 nitrogen and oxygen atoms in total. The van der Waals surface area contributed by atoms with E-state index in [0.29, 0.717) is 23.1 Å². The molecule has 0 radical (unpaired) electrons. The third-order valence-corrected chi connectivity index (χ3v) is 4.85. The van der Waals surface area contributed by atoms with Gasteiger partial charge in [0.1, 0.15) is 0 Å². The second kappa shape index (κ2) is 7.26. The van der Waals surface area contributed by atoms with Crippen molar-refractivity contribution in [2.45, 2.75) is 12.3 Å². The fraction of sp³-hybridized carbons (Fsp3) is 0.238. The molecule has 1 aromatic heterocycles. The fourth-order valence-electron chi connectivity index (χ4n) is 3.57. The lowest BCUT2D eigenvalue weighted by Crippen LogP contribution is -2.21. The van der Waals surface area contributed by atoms with E-state index in [2.05, 4.69) is 10.2 Å². The molecule has 28 heavy (non-hydrogen) atoms. The molecule has 4 rings (SSSR count). The van der Waals surface area contributed by atoms with E-state index >= 15 is 0 Å². The first-order valence-corrected chi connectivity index (χ1v) is 8.80. The summed E-state index contributed by atoms with van der Waals surface area (Å²) in [4.78, 5) is 12.2. The lowest BCUT2D eigenvalue weighted by molar-refractivity contribution is -0.135. The van der Waals surface area contributed by atoms with Crippen LogP contribution in [0.2, 0.25) is 0 Å². The molecule has 0 saturated carbocycles. The number of benzene rings is 2. The SMILES string of the molecule is COc1cc([C@@H]2CC(=O)Oc3n[nH]c(-c4ccccc4)c32)cc(OC)c1OC. The standard InChI is InChI=1S/C21H20N2O5/c1-25-15-9-13(10-16(26-2)20(15)27-3)14-11-17(24)28-21-18(14)19(22-23-21)12-7-5-4-6-8-12/h4-10,14H,11H2,1-3H3,(H,22,23)/t14-/m0/s1. The van der Waals surface area contributed by atoms with Crippen LogP contribution in [0.3, 0.4) is 0 Å². The first-order chi connectivity index (χ1) is 13.7. The van der Waals surface area contributed by atoms with Crippen molar-refractivity contribution in [2.24, 2.45) is 0 Å². The lowest BCUT2D eigenvalue weighted by atomic mass is 9.85. The summed E-state index contributed by atoms with van der Waals surface area (Å²) < 4.78 is 21.7. The van der Waals surface area contributed by atoms with Gasteiger partial charge < -0.3 is 18.9 Å². The number of esters is 1. The third-order valence-electron chi connectivity index (χ3n) is 4.85. The first kappa shape index (κ1) is 17.9. The number of carbonyl (C=O) groups excluding carboxylic acids is 1. The summed E-state index contributed by atoms with van der Waals surface area (Å²) in [5.41, 5.74) is 3.47. The average Bonchev–Trinajstić information content (AvgIpc) is 3.16. The highest BCUT2D eigenvalue weighted by molar-refractivity contribution is 5.80. The molecule has 2 aromatic carbocycles. The maximum Gasteiger partial charge on any atom is 0.313 e. The molecule has 0 spiro atoms. The van der Waals surface area contributed by atoms with Crippen molar-refractivity contribution in [3.63, 3.8) is 0 Å². The predicted octanol–water partition coefficient (Wildman–Crippen LogP) is 3.54. The van der Waals surface area contributed by atoms with Gasteiger partial charge in [-0.25, -0.2) is 0 Å². The summed E-state index contributed by atoms with van der Waals surface area (Å²) in [5.74, 6) is 1.26. The first-order valence-electron chi connectivity index (χ1n) is 8.80. The van der Waals surface area contributed by atoms with E-state index in [1.54, 1.807) is 21.3 Å². The van der Waals surface area contributed by atoms with Gasteiger partial charge in [-0.1, -0.05) is 30.3 Å². The number of aromatic amines is 1. The van der Waals surface area contributed by atoms with Crippen LogP contribution in [0.25, 0.3) is 11.3 Å². The summed E-state index contributed by atoms with van der Waals surface area (Å²) >= 11 is 0. The summed E-state index contributed by atoms with van der Waals surface area (Å²) in [5, 5.41) is 7.24. The smallest absolute Gasteiger partial charge is 0.313 e. The van der Waals surface area contributed by atoms with Crippen molar-refractivity contribution >= 4 is 5.97 Å². The number of fused-ring (bicyclic) bond motifs is 1. The van der Waals surface area contributed by atoms with E-state index in [0.717, 1.165) is 22.4 Å². The third kappa shape index (κ3) is 2.94. The molecule has 1 aliphatic rings. The summed E-state index contributed by atoms with van der Waals surface area (Å²) in [6.07, 6.45) is 0.186. The molecular formula is C21H20N2O5. The molecule has 1 atom stereocenters. The van der Waals surface area contributed by atoms with E-state index < -0.39 is 0 Å². The summed E-state index contributed by atoms with van der Waals surface area (Å²) in [7, 11) is 4.68. The predicted molar refractivity (Wildman–Crippen MR) is 102 cm³/mol. The molecule has 2 heterocycles. The van der Waals surface area contributed by atoms with E-state index in [9.17, 15) is 4.79 Å². The number of rotatable bonds is 5. The Morgan fingerprint density at radius 1 is 1.04 bits per heavy atom. The Hall–Kier alpha value is -3.48. The molecule has 0 unspecified atom stereocenters. The van der Waals surface area contributed by atoms with Crippen LogP contribution in [0.5, 0.6) is 23.1 Å². The monoisotopic (exact) mass is 380 g/mol. The largest absolute Gasteiger partial charge is 0.493 e. The quantitative estimate of drug-likeness (QED) is 0.682. The number of methoxy groups -OCH3 is 3. The number of carbonyl (C=O) groups is 1. The Bertz CT molecular complexity index is 988. The van der Waals surface area contributed by atoms with Gasteiger partial charge >= 0.3 is 5.97 Å². The zero-order valence-electron chi connectivity index (χ0n) is 15.8. The summed E-state index contributed by atoms with van der Waals surface area (Å²) in [6, 6.07) is 13.5. The van der Waals surface area contributed by atoms with Gasteiger partial charge in [0.15, 0.2) is 11.5 Å². The second-order valence-corrected chi connectivity index (χ2v) is 6.37. The molecule has 3 aromatic rings. The number of nitrogens with zero attached hydrogens (tertiary/aromatic N) is 1. The van der Waals surface area contributed by atoms with Crippen LogP contribution in [-0.2, 0) is 4.79 Å². The Labute approximate surface area is 162 Å². The Morgan fingerprint density at radius 3 is 2.32 bits per heavy atom. The van der Waals surface area contributed by atoms with Crippen molar-refractivity contribution in [2.75, 3.05) is 21.3 Å². The molecule has 0 fully saturated rings. The van der Waals surface area contributed by atoms with Gasteiger partial charge in [0.25, 0.3) is 0 Å². The average molecular weight is 380 g/mol. The Kier molecular flexibility index (Phi) is 4.65. The van der Waals surface area contributed by atoms with Gasteiger partial charge in [0.05, 0.1) is 39.0 Å². The molecule has 0 amide bonds. The van der Waals surface area contributed by atoms with E-state index in [1.165, 1.54) is 0 Å². The molecule has 1 N–H and O–H groups in total. The van der Waals surface area contributed by atoms with Gasteiger partial charge in [0.2, 0.25) is 11.6 Å². The number of aromatic nitrogens is 2. The van der Waals surface area contributed by atoms with Crippen LogP contribution >= 0.6 is 0 Å². The van der Waals surface area contributed by atoms with Crippen molar-refractivity contribution in [1.29, 1.82) is 0 Å². The molecule has 0 saturated heterocycles. The molecule has 1 aliphatic heterocycles. The fourth-order valence-corrected chi connectivity index (χ4v) is 3.57. The number of nitrogens with one attached hydrogen (secondary N) is 1. The van der Waals surface area contributed by atoms with Crippen LogP contribution in [0.4, 0.5) is 0 Å².